The van der Waals surface area contributed by atoms with Crippen LogP contribution in [0.5, 0.6) is 0 Å². The van der Waals surface area contributed by atoms with Crippen LogP contribution in [0, 0.1) is 0 Å². The van der Waals surface area contributed by atoms with E-state index >= 15 is 0 Å². The molecule has 0 saturated carbocycles. The Morgan fingerprint density at radius 3 is 2.33 bits per heavy atom. The van der Waals surface area contributed by atoms with Crippen molar-refractivity contribution in [1.29, 1.82) is 0 Å². The topological polar surface area (TPSA) is 41.1 Å². The summed E-state index contributed by atoms with van der Waals surface area (Å²) in [6.45, 7) is 6.22. The molecular weight excluding hydrogens is 343 g/mol. The predicted octanol–water partition coefficient (Wildman–Crippen LogP) is 6.39. The summed E-state index contributed by atoms with van der Waals surface area (Å²) in [6.07, 6.45) is 1.09. The normalized spacial score (nSPS) is 13.2. The maximum atomic E-state index is 12.2. The highest BCUT2D eigenvalue weighted by Gasteiger charge is 2.13. The van der Waals surface area contributed by atoms with Crippen molar-refractivity contribution in [1.82, 2.24) is 5.32 Å². The first kappa shape index (κ1) is 18.6. The average Bonchev–Trinajstić information content (AvgIpc) is 2.54. The minimum absolute atomic E-state index is 0.228. The number of benzene rings is 2. The molecule has 2 unspecified atom stereocenters. The zero-order valence-corrected chi connectivity index (χ0v) is 15.6. The van der Waals surface area contributed by atoms with E-state index in [9.17, 15) is 4.79 Å². The molecule has 0 heterocycles. The van der Waals surface area contributed by atoms with Gasteiger partial charge in [-0.15, -0.1) is 0 Å². The number of halogens is 2. The van der Waals surface area contributed by atoms with Gasteiger partial charge in [0.25, 0.3) is 0 Å². The Bertz CT molecular complexity index is 701. The average molecular weight is 365 g/mol. The van der Waals surface area contributed by atoms with E-state index in [1.54, 1.807) is 12.1 Å². The fraction of sp³-hybridized carbons (Fsp3) is 0.316. The van der Waals surface area contributed by atoms with Crippen molar-refractivity contribution in [3.63, 3.8) is 0 Å². The van der Waals surface area contributed by atoms with E-state index in [-0.39, 0.29) is 12.1 Å². The first-order valence-corrected chi connectivity index (χ1v) is 8.78. The van der Waals surface area contributed by atoms with E-state index in [1.165, 1.54) is 5.56 Å². The maximum absolute atomic E-state index is 12.2. The molecular formula is C19H22Cl2N2O. The van der Waals surface area contributed by atoms with Gasteiger partial charge in [-0.05, 0) is 54.7 Å². The van der Waals surface area contributed by atoms with Crippen molar-refractivity contribution in [3.05, 3.63) is 63.6 Å². The molecule has 5 heteroatoms. The number of urea groups is 1. The highest BCUT2D eigenvalue weighted by molar-refractivity contribution is 6.35. The molecule has 0 aliphatic carbocycles. The van der Waals surface area contributed by atoms with Crippen LogP contribution in [-0.2, 0) is 0 Å². The summed E-state index contributed by atoms with van der Waals surface area (Å²) in [4.78, 5) is 12.2. The van der Waals surface area contributed by atoms with Crippen molar-refractivity contribution in [3.8, 4) is 0 Å². The van der Waals surface area contributed by atoms with E-state index in [0.29, 0.717) is 16.0 Å². The van der Waals surface area contributed by atoms with E-state index < -0.39 is 0 Å². The molecule has 2 rings (SSSR count). The van der Waals surface area contributed by atoms with E-state index in [0.717, 1.165) is 17.7 Å². The zero-order chi connectivity index (χ0) is 17.7. The molecule has 0 aliphatic rings. The Morgan fingerprint density at radius 2 is 1.75 bits per heavy atom. The third kappa shape index (κ3) is 4.89. The third-order valence-corrected chi connectivity index (χ3v) is 4.69. The van der Waals surface area contributed by atoms with Crippen LogP contribution in [0.2, 0.25) is 10.0 Å². The lowest BCUT2D eigenvalue weighted by Crippen LogP contribution is -2.31. The maximum Gasteiger partial charge on any atom is 0.319 e. The minimum atomic E-state index is -0.273. The number of anilines is 1. The number of amides is 2. The molecule has 0 aliphatic heterocycles. The molecule has 24 heavy (non-hydrogen) atoms. The van der Waals surface area contributed by atoms with Gasteiger partial charge in [-0.3, -0.25) is 0 Å². The van der Waals surface area contributed by atoms with Crippen LogP contribution in [0.4, 0.5) is 10.5 Å². The van der Waals surface area contributed by atoms with Gasteiger partial charge < -0.3 is 10.6 Å². The molecule has 2 aromatic carbocycles. The van der Waals surface area contributed by atoms with Crippen molar-refractivity contribution < 1.29 is 4.79 Å². The number of carbonyl (C=O) groups excluding carboxylic acids is 1. The van der Waals surface area contributed by atoms with Gasteiger partial charge in [0.1, 0.15) is 0 Å². The Morgan fingerprint density at radius 1 is 1.08 bits per heavy atom. The Balaban J connectivity index is 1.97. The second kappa shape index (κ2) is 8.41. The monoisotopic (exact) mass is 364 g/mol. The highest BCUT2D eigenvalue weighted by atomic mass is 35.5. The van der Waals surface area contributed by atoms with Gasteiger partial charge in [0.2, 0.25) is 0 Å². The summed E-state index contributed by atoms with van der Waals surface area (Å²) >= 11 is 12.1. The van der Waals surface area contributed by atoms with E-state index in [2.05, 4.69) is 24.5 Å². The van der Waals surface area contributed by atoms with Crippen LogP contribution in [0.25, 0.3) is 0 Å². The van der Waals surface area contributed by atoms with Crippen molar-refractivity contribution in [2.45, 2.75) is 39.2 Å². The number of hydrogen-bond donors (Lipinski definition) is 2. The third-order valence-electron chi connectivity index (χ3n) is 4.13. The second-order valence-corrected chi connectivity index (χ2v) is 6.76. The molecule has 0 aromatic heterocycles. The lowest BCUT2D eigenvalue weighted by molar-refractivity contribution is 0.249. The van der Waals surface area contributed by atoms with E-state index in [4.69, 9.17) is 23.2 Å². The summed E-state index contributed by atoms with van der Waals surface area (Å²) in [5, 5.41) is 6.82. The molecule has 2 aromatic rings. The van der Waals surface area contributed by atoms with Gasteiger partial charge >= 0.3 is 6.03 Å². The number of nitrogens with one attached hydrogen (secondary N) is 2. The van der Waals surface area contributed by atoms with Crippen LogP contribution in [0.1, 0.15) is 50.3 Å². The molecule has 0 fully saturated rings. The predicted molar refractivity (Wildman–Crippen MR) is 102 cm³/mol. The van der Waals surface area contributed by atoms with Gasteiger partial charge in [0.05, 0.1) is 6.04 Å². The van der Waals surface area contributed by atoms with Crippen molar-refractivity contribution in [2.75, 3.05) is 5.32 Å². The van der Waals surface area contributed by atoms with Crippen molar-refractivity contribution >= 4 is 34.9 Å². The molecule has 2 amide bonds. The molecule has 0 radical (unpaired) electrons. The molecule has 0 bridgehead atoms. The Labute approximate surface area is 153 Å². The standard InChI is InChI=1S/C19H22Cl2N2O/c1-4-12(2)14-5-8-16(9-6-14)23-19(24)22-13(3)17-10-7-15(20)11-18(17)21/h5-13H,4H2,1-3H3,(H2,22,23,24). The largest absolute Gasteiger partial charge is 0.331 e. The van der Waals surface area contributed by atoms with Crippen LogP contribution >= 0.6 is 23.2 Å². The summed E-state index contributed by atoms with van der Waals surface area (Å²) in [6, 6.07) is 12.7. The fourth-order valence-electron chi connectivity index (χ4n) is 2.42. The number of rotatable bonds is 5. The lowest BCUT2D eigenvalue weighted by atomic mass is 9.99. The minimum Gasteiger partial charge on any atom is -0.331 e. The molecule has 128 valence electrons. The smallest absolute Gasteiger partial charge is 0.319 e. The summed E-state index contributed by atoms with van der Waals surface area (Å²) in [5.74, 6) is 0.514. The Hall–Kier alpha value is -1.71. The summed E-state index contributed by atoms with van der Waals surface area (Å²) in [7, 11) is 0. The zero-order valence-electron chi connectivity index (χ0n) is 14.1. The fourth-order valence-corrected chi connectivity index (χ4v) is 3.00. The van der Waals surface area contributed by atoms with Gasteiger partial charge in [0.15, 0.2) is 0 Å². The molecule has 2 atom stereocenters. The first-order chi connectivity index (χ1) is 11.4. The van der Waals surface area contributed by atoms with Gasteiger partial charge in [-0.25, -0.2) is 4.79 Å². The molecule has 2 N–H and O–H groups in total. The highest BCUT2D eigenvalue weighted by Crippen LogP contribution is 2.26. The van der Waals surface area contributed by atoms with Gasteiger partial charge in [-0.1, -0.05) is 55.2 Å². The summed E-state index contributed by atoms with van der Waals surface area (Å²) < 4.78 is 0. The van der Waals surface area contributed by atoms with Crippen LogP contribution in [-0.4, -0.2) is 6.03 Å². The molecule has 0 saturated heterocycles. The van der Waals surface area contributed by atoms with Gasteiger partial charge in [0, 0.05) is 15.7 Å². The first-order valence-electron chi connectivity index (χ1n) is 8.03. The van der Waals surface area contributed by atoms with Gasteiger partial charge in [-0.2, -0.15) is 0 Å². The quantitative estimate of drug-likeness (QED) is 0.633. The van der Waals surface area contributed by atoms with Crippen molar-refractivity contribution in [2.24, 2.45) is 0 Å². The lowest BCUT2D eigenvalue weighted by Gasteiger charge is -2.17. The molecule has 0 spiro atoms. The Kier molecular flexibility index (Phi) is 6.52. The number of hydrogen-bond acceptors (Lipinski definition) is 1. The molecule has 3 nitrogen and oxygen atoms in total. The van der Waals surface area contributed by atoms with Crippen LogP contribution in [0.15, 0.2) is 42.5 Å². The van der Waals surface area contributed by atoms with E-state index in [1.807, 2.05) is 37.3 Å². The number of carbonyl (C=O) groups is 1. The van der Waals surface area contributed by atoms with Crippen LogP contribution in [0.3, 0.4) is 0 Å². The SMILES string of the molecule is CCC(C)c1ccc(NC(=O)NC(C)c2ccc(Cl)cc2Cl)cc1. The van der Waals surface area contributed by atoms with Crippen LogP contribution < -0.4 is 10.6 Å². The summed E-state index contributed by atoms with van der Waals surface area (Å²) in [5.41, 5.74) is 2.85. The second-order valence-electron chi connectivity index (χ2n) is 5.92.